The summed E-state index contributed by atoms with van der Waals surface area (Å²) in [4.78, 5) is 0. The van der Waals surface area contributed by atoms with Crippen molar-refractivity contribution in [2.75, 3.05) is 18.9 Å². The summed E-state index contributed by atoms with van der Waals surface area (Å²) >= 11 is 0. The maximum atomic E-state index is 12.2. The minimum Gasteiger partial charge on any atom is -0.491 e. The molecule has 0 radical (unpaired) electrons. The Morgan fingerprint density at radius 1 is 0.952 bits per heavy atom. The Morgan fingerprint density at radius 2 is 1.52 bits per heavy atom. The number of nitrogens with two attached hydrogens (primary N) is 1. The Balaban J connectivity index is 2.38. The fourth-order valence-electron chi connectivity index (χ4n) is 1.43. The Hall–Kier alpha value is -1.64. The molecule has 21 heavy (non-hydrogen) atoms. The number of nitrogen functional groups attached to an aromatic ring is 1. The lowest BCUT2D eigenvalue weighted by molar-refractivity contribution is -0.322. The SMILES string of the molecule is Nc1ccccc1OCCCOC(C(F)(F)F)C(F)(F)F. The Kier molecular flexibility index (Phi) is 5.70. The summed E-state index contributed by atoms with van der Waals surface area (Å²) in [5.41, 5.74) is 5.87. The summed E-state index contributed by atoms with van der Waals surface area (Å²) < 4.78 is 81.9. The third kappa shape index (κ3) is 5.70. The highest BCUT2D eigenvalue weighted by molar-refractivity contribution is 5.51. The van der Waals surface area contributed by atoms with Gasteiger partial charge in [0.15, 0.2) is 0 Å². The van der Waals surface area contributed by atoms with Crippen LogP contribution in [0.5, 0.6) is 5.75 Å². The molecule has 1 rings (SSSR count). The molecule has 0 aromatic heterocycles. The topological polar surface area (TPSA) is 44.5 Å². The summed E-state index contributed by atoms with van der Waals surface area (Å²) in [5.74, 6) is 0.306. The molecular formula is C12H13F6NO2. The Morgan fingerprint density at radius 3 is 2.05 bits per heavy atom. The van der Waals surface area contributed by atoms with E-state index in [-0.39, 0.29) is 13.0 Å². The highest BCUT2D eigenvalue weighted by atomic mass is 19.4. The molecule has 0 atom stereocenters. The molecule has 120 valence electrons. The number of anilines is 1. The van der Waals surface area contributed by atoms with Crippen molar-refractivity contribution < 1.29 is 35.8 Å². The zero-order valence-corrected chi connectivity index (χ0v) is 10.7. The van der Waals surface area contributed by atoms with Crippen LogP contribution in [0.2, 0.25) is 0 Å². The summed E-state index contributed by atoms with van der Waals surface area (Å²) in [6.45, 7) is -0.854. The molecule has 0 bridgehead atoms. The molecule has 0 amide bonds. The molecule has 1 aromatic rings. The zero-order chi connectivity index (χ0) is 16.1. The Labute approximate surface area is 116 Å². The first-order chi connectivity index (χ1) is 9.62. The molecule has 0 fully saturated rings. The van der Waals surface area contributed by atoms with Gasteiger partial charge in [-0.15, -0.1) is 0 Å². The van der Waals surface area contributed by atoms with Crippen molar-refractivity contribution in [3.63, 3.8) is 0 Å². The minimum absolute atomic E-state index is 0.114. The van der Waals surface area contributed by atoms with Crippen LogP contribution in [0.4, 0.5) is 32.0 Å². The largest absolute Gasteiger partial charge is 0.491 e. The van der Waals surface area contributed by atoms with Gasteiger partial charge in [0.25, 0.3) is 0 Å². The van der Waals surface area contributed by atoms with Crippen LogP contribution in [-0.2, 0) is 4.74 Å². The molecule has 9 heteroatoms. The van der Waals surface area contributed by atoms with Crippen LogP contribution in [0.25, 0.3) is 0 Å². The van der Waals surface area contributed by atoms with Gasteiger partial charge in [-0.1, -0.05) is 12.1 Å². The second kappa shape index (κ2) is 6.88. The lowest BCUT2D eigenvalue weighted by Gasteiger charge is -2.23. The van der Waals surface area contributed by atoms with E-state index >= 15 is 0 Å². The van der Waals surface area contributed by atoms with E-state index in [1.165, 1.54) is 6.07 Å². The van der Waals surface area contributed by atoms with E-state index in [2.05, 4.69) is 4.74 Å². The number of hydrogen-bond acceptors (Lipinski definition) is 3. The zero-order valence-electron chi connectivity index (χ0n) is 10.7. The molecule has 0 aliphatic carbocycles. The van der Waals surface area contributed by atoms with Gasteiger partial charge in [-0.25, -0.2) is 0 Å². The van der Waals surface area contributed by atoms with Crippen molar-refractivity contribution in [3.8, 4) is 5.75 Å². The molecule has 2 N–H and O–H groups in total. The normalized spacial score (nSPS) is 12.7. The molecule has 3 nitrogen and oxygen atoms in total. The first-order valence-electron chi connectivity index (χ1n) is 5.84. The average molecular weight is 317 g/mol. The van der Waals surface area contributed by atoms with E-state index in [9.17, 15) is 26.3 Å². The molecule has 1 aromatic carbocycles. The second-order valence-electron chi connectivity index (χ2n) is 4.07. The van der Waals surface area contributed by atoms with Gasteiger partial charge >= 0.3 is 12.4 Å². The summed E-state index contributed by atoms with van der Waals surface area (Å²) in [6, 6.07) is 6.37. The molecular weight excluding hydrogens is 304 g/mol. The van der Waals surface area contributed by atoms with Crippen molar-refractivity contribution in [2.45, 2.75) is 24.9 Å². The van der Waals surface area contributed by atoms with E-state index in [0.717, 1.165) is 0 Å². The minimum atomic E-state index is -5.50. The monoisotopic (exact) mass is 317 g/mol. The van der Waals surface area contributed by atoms with Gasteiger partial charge in [0.1, 0.15) is 5.75 Å². The third-order valence-corrected chi connectivity index (χ3v) is 2.34. The quantitative estimate of drug-likeness (QED) is 0.496. The van der Waals surface area contributed by atoms with Gasteiger partial charge in [-0.2, -0.15) is 26.3 Å². The number of rotatable bonds is 6. The molecule has 0 heterocycles. The summed E-state index contributed by atoms with van der Waals surface area (Å²) in [6.07, 6.45) is -14.9. The van der Waals surface area contributed by atoms with Crippen LogP contribution in [0.15, 0.2) is 24.3 Å². The number of benzene rings is 1. The summed E-state index contributed by atoms with van der Waals surface area (Å²) in [7, 11) is 0. The maximum Gasteiger partial charge on any atom is 0.423 e. The van der Waals surface area contributed by atoms with Crippen LogP contribution in [0.1, 0.15) is 6.42 Å². The average Bonchev–Trinajstić information content (AvgIpc) is 2.32. The van der Waals surface area contributed by atoms with Gasteiger partial charge in [-0.3, -0.25) is 0 Å². The van der Waals surface area contributed by atoms with E-state index in [4.69, 9.17) is 10.5 Å². The van der Waals surface area contributed by atoms with Crippen molar-refractivity contribution in [2.24, 2.45) is 0 Å². The van der Waals surface area contributed by atoms with Crippen LogP contribution in [0, 0.1) is 0 Å². The van der Waals surface area contributed by atoms with Crippen LogP contribution < -0.4 is 10.5 Å². The van der Waals surface area contributed by atoms with Gasteiger partial charge in [0.2, 0.25) is 6.10 Å². The number of hydrogen-bond donors (Lipinski definition) is 1. The van der Waals surface area contributed by atoms with Crippen molar-refractivity contribution in [3.05, 3.63) is 24.3 Å². The van der Waals surface area contributed by atoms with Gasteiger partial charge < -0.3 is 15.2 Å². The molecule has 0 spiro atoms. The predicted octanol–water partition coefficient (Wildman–Crippen LogP) is 3.55. The fraction of sp³-hybridized carbons (Fsp3) is 0.500. The van der Waals surface area contributed by atoms with Gasteiger partial charge in [0, 0.05) is 6.42 Å². The van der Waals surface area contributed by atoms with Crippen molar-refractivity contribution >= 4 is 5.69 Å². The molecule has 0 saturated heterocycles. The van der Waals surface area contributed by atoms with Crippen LogP contribution in [-0.4, -0.2) is 31.7 Å². The summed E-state index contributed by atoms with van der Waals surface area (Å²) in [5, 5.41) is 0. The molecule has 0 aliphatic rings. The molecule has 0 unspecified atom stereocenters. The number of para-hydroxylation sites is 2. The number of alkyl halides is 6. The van der Waals surface area contributed by atoms with Crippen LogP contribution >= 0.6 is 0 Å². The highest BCUT2D eigenvalue weighted by Gasteiger charge is 2.57. The molecule has 0 aliphatic heterocycles. The number of ether oxygens (including phenoxy) is 2. The fourth-order valence-corrected chi connectivity index (χ4v) is 1.43. The lowest BCUT2D eigenvalue weighted by Crippen LogP contribution is -2.44. The van der Waals surface area contributed by atoms with Gasteiger partial charge in [0.05, 0.1) is 18.9 Å². The number of halogens is 6. The highest BCUT2D eigenvalue weighted by Crippen LogP contribution is 2.35. The van der Waals surface area contributed by atoms with E-state index in [0.29, 0.717) is 11.4 Å². The second-order valence-corrected chi connectivity index (χ2v) is 4.07. The third-order valence-electron chi connectivity index (χ3n) is 2.34. The molecule has 0 saturated carbocycles. The standard InChI is InChI=1S/C12H13F6NO2/c13-11(14,15)10(12(16,17)18)21-7-3-6-20-9-5-2-1-4-8(9)19/h1-2,4-5,10H,3,6-7,19H2. The first-order valence-corrected chi connectivity index (χ1v) is 5.84. The van der Waals surface area contributed by atoms with E-state index < -0.39 is 25.1 Å². The smallest absolute Gasteiger partial charge is 0.423 e. The predicted molar refractivity (Wildman–Crippen MR) is 62.8 cm³/mol. The van der Waals surface area contributed by atoms with Gasteiger partial charge in [-0.05, 0) is 12.1 Å². The van der Waals surface area contributed by atoms with Crippen LogP contribution in [0.3, 0.4) is 0 Å². The first kappa shape index (κ1) is 17.4. The van der Waals surface area contributed by atoms with Crippen molar-refractivity contribution in [1.29, 1.82) is 0 Å². The maximum absolute atomic E-state index is 12.2. The van der Waals surface area contributed by atoms with Crippen molar-refractivity contribution in [1.82, 2.24) is 0 Å². The van der Waals surface area contributed by atoms with E-state index in [1.54, 1.807) is 18.2 Å². The lowest BCUT2D eigenvalue weighted by atomic mass is 10.3. The Bertz CT molecular complexity index is 432. The van der Waals surface area contributed by atoms with E-state index in [1.807, 2.05) is 0 Å².